The molecule has 0 aliphatic carbocycles. The molecule has 0 spiro atoms. The molecule has 0 saturated heterocycles. The van der Waals surface area contributed by atoms with E-state index in [2.05, 4.69) is 77.4 Å². The van der Waals surface area contributed by atoms with Crippen molar-refractivity contribution in [2.75, 3.05) is 0 Å². The molecular weight excluding hydrogens is 302 g/mol. The topological polar surface area (TPSA) is 29.9 Å². The lowest BCUT2D eigenvalue weighted by Crippen LogP contribution is -2.18. The van der Waals surface area contributed by atoms with Crippen LogP contribution in [-0.2, 0) is 6.54 Å². The van der Waals surface area contributed by atoms with E-state index >= 15 is 0 Å². The van der Waals surface area contributed by atoms with Crippen molar-refractivity contribution < 1.29 is 0 Å². The molecule has 4 heteroatoms. The largest absolute Gasteiger partial charge is 0.304 e. The number of hydrogen-bond acceptors (Lipinski definition) is 2. The number of benzene rings is 1. The van der Waals surface area contributed by atoms with Crippen molar-refractivity contribution in [2.45, 2.75) is 39.4 Å². The molecule has 1 N–H and O–H groups in total. The fraction of sp³-hybridized carbons (Fsp3) is 0.400. The molecule has 2 rings (SSSR count). The predicted molar refractivity (Wildman–Crippen MR) is 82.0 cm³/mol. The number of rotatable bonds is 5. The Morgan fingerprint density at radius 1 is 1.16 bits per heavy atom. The first-order valence-electron chi connectivity index (χ1n) is 6.59. The molecule has 1 aromatic heterocycles. The highest BCUT2D eigenvalue weighted by atomic mass is 79.9. The SMILES string of the molecule is CC(C)n1ccc(CN[C@H](C)c2ccc(Br)cc2)n1. The van der Waals surface area contributed by atoms with Gasteiger partial charge in [-0.15, -0.1) is 0 Å². The van der Waals surface area contributed by atoms with Gasteiger partial charge in [0.1, 0.15) is 0 Å². The number of halogens is 1. The van der Waals surface area contributed by atoms with E-state index < -0.39 is 0 Å². The second-order valence-electron chi connectivity index (χ2n) is 5.03. The van der Waals surface area contributed by atoms with Gasteiger partial charge in [0.25, 0.3) is 0 Å². The van der Waals surface area contributed by atoms with Crippen LogP contribution in [-0.4, -0.2) is 9.78 Å². The van der Waals surface area contributed by atoms with E-state index in [9.17, 15) is 0 Å². The molecule has 0 fully saturated rings. The summed E-state index contributed by atoms with van der Waals surface area (Å²) in [6.45, 7) is 7.23. The van der Waals surface area contributed by atoms with E-state index in [0.717, 1.165) is 16.7 Å². The molecule has 3 nitrogen and oxygen atoms in total. The summed E-state index contributed by atoms with van der Waals surface area (Å²) in [6.07, 6.45) is 2.03. The van der Waals surface area contributed by atoms with Crippen LogP contribution in [0.4, 0.5) is 0 Å². The van der Waals surface area contributed by atoms with Crippen LogP contribution in [0.5, 0.6) is 0 Å². The van der Waals surface area contributed by atoms with Gasteiger partial charge >= 0.3 is 0 Å². The maximum Gasteiger partial charge on any atom is 0.0762 e. The first kappa shape index (κ1) is 14.3. The van der Waals surface area contributed by atoms with E-state index in [-0.39, 0.29) is 0 Å². The van der Waals surface area contributed by atoms with Gasteiger partial charge in [0, 0.05) is 29.3 Å². The molecule has 1 atom stereocenters. The van der Waals surface area contributed by atoms with Gasteiger partial charge in [-0.3, -0.25) is 4.68 Å². The zero-order valence-electron chi connectivity index (χ0n) is 11.6. The van der Waals surface area contributed by atoms with Crippen molar-refractivity contribution >= 4 is 15.9 Å². The molecule has 0 bridgehead atoms. The van der Waals surface area contributed by atoms with E-state index in [1.54, 1.807) is 0 Å². The maximum atomic E-state index is 4.54. The fourth-order valence-electron chi connectivity index (χ4n) is 1.89. The minimum absolute atomic E-state index is 0.317. The number of aromatic nitrogens is 2. The van der Waals surface area contributed by atoms with Crippen molar-refractivity contribution in [1.29, 1.82) is 0 Å². The summed E-state index contributed by atoms with van der Waals surface area (Å²) in [7, 11) is 0. The Balaban J connectivity index is 1.92. The summed E-state index contributed by atoms with van der Waals surface area (Å²) >= 11 is 3.45. The van der Waals surface area contributed by atoms with Crippen LogP contribution in [0.1, 0.15) is 44.1 Å². The maximum absolute atomic E-state index is 4.54. The normalized spacial score (nSPS) is 12.9. The van der Waals surface area contributed by atoms with Gasteiger partial charge in [0.2, 0.25) is 0 Å². The van der Waals surface area contributed by atoms with Crippen molar-refractivity contribution in [2.24, 2.45) is 0 Å². The third kappa shape index (κ3) is 3.91. The lowest BCUT2D eigenvalue weighted by molar-refractivity contribution is 0.512. The van der Waals surface area contributed by atoms with Crippen LogP contribution in [0.2, 0.25) is 0 Å². The Bertz CT molecular complexity index is 516. The number of nitrogens with zero attached hydrogens (tertiary/aromatic N) is 2. The number of hydrogen-bond donors (Lipinski definition) is 1. The third-order valence-corrected chi connectivity index (χ3v) is 3.68. The van der Waals surface area contributed by atoms with Gasteiger partial charge in [0.15, 0.2) is 0 Å². The molecule has 0 aliphatic rings. The van der Waals surface area contributed by atoms with Gasteiger partial charge in [-0.05, 0) is 44.5 Å². The summed E-state index contributed by atoms with van der Waals surface area (Å²) in [5.74, 6) is 0. The summed E-state index contributed by atoms with van der Waals surface area (Å²) in [4.78, 5) is 0. The Labute approximate surface area is 123 Å². The van der Waals surface area contributed by atoms with Crippen molar-refractivity contribution in [3.8, 4) is 0 Å². The van der Waals surface area contributed by atoms with E-state index in [4.69, 9.17) is 0 Å². The molecule has 19 heavy (non-hydrogen) atoms. The molecule has 1 heterocycles. The molecule has 102 valence electrons. The van der Waals surface area contributed by atoms with Crippen LogP contribution in [0.3, 0.4) is 0 Å². The second-order valence-corrected chi connectivity index (χ2v) is 5.95. The highest BCUT2D eigenvalue weighted by molar-refractivity contribution is 9.10. The zero-order chi connectivity index (χ0) is 13.8. The lowest BCUT2D eigenvalue weighted by atomic mass is 10.1. The fourth-order valence-corrected chi connectivity index (χ4v) is 2.15. The van der Waals surface area contributed by atoms with Crippen LogP contribution in [0, 0.1) is 0 Å². The highest BCUT2D eigenvalue weighted by Gasteiger charge is 2.06. The Morgan fingerprint density at radius 3 is 2.42 bits per heavy atom. The average Bonchev–Trinajstić information content (AvgIpc) is 2.86. The van der Waals surface area contributed by atoms with Gasteiger partial charge in [0.05, 0.1) is 5.69 Å². The van der Waals surface area contributed by atoms with Crippen molar-refractivity contribution in [3.63, 3.8) is 0 Å². The minimum Gasteiger partial charge on any atom is -0.304 e. The highest BCUT2D eigenvalue weighted by Crippen LogP contribution is 2.16. The van der Waals surface area contributed by atoms with Crippen LogP contribution in [0.25, 0.3) is 0 Å². The number of nitrogens with one attached hydrogen (secondary N) is 1. The van der Waals surface area contributed by atoms with Crippen LogP contribution < -0.4 is 5.32 Å². The Hall–Kier alpha value is -1.13. The Kier molecular flexibility index (Phi) is 4.77. The van der Waals surface area contributed by atoms with E-state index in [0.29, 0.717) is 12.1 Å². The van der Waals surface area contributed by atoms with Gasteiger partial charge < -0.3 is 5.32 Å². The van der Waals surface area contributed by atoms with Crippen molar-refractivity contribution in [1.82, 2.24) is 15.1 Å². The van der Waals surface area contributed by atoms with E-state index in [1.807, 2.05) is 10.9 Å². The van der Waals surface area contributed by atoms with Gasteiger partial charge in [-0.2, -0.15) is 5.10 Å². The molecule has 1 aromatic carbocycles. The molecule has 0 aliphatic heterocycles. The molecule has 0 amide bonds. The summed E-state index contributed by atoms with van der Waals surface area (Å²) < 4.78 is 3.10. The zero-order valence-corrected chi connectivity index (χ0v) is 13.2. The summed E-state index contributed by atoms with van der Waals surface area (Å²) in [5.41, 5.74) is 2.36. The Morgan fingerprint density at radius 2 is 1.84 bits per heavy atom. The first-order valence-corrected chi connectivity index (χ1v) is 7.38. The standard InChI is InChI=1S/C15H20BrN3/c1-11(2)19-9-8-15(18-19)10-17-12(3)13-4-6-14(16)7-5-13/h4-9,11-12,17H,10H2,1-3H3/t12-/m1/s1. The van der Waals surface area contributed by atoms with E-state index in [1.165, 1.54) is 5.56 Å². The first-order chi connectivity index (χ1) is 9.06. The third-order valence-electron chi connectivity index (χ3n) is 3.15. The monoisotopic (exact) mass is 321 g/mol. The predicted octanol–water partition coefficient (Wildman–Crippen LogP) is 4.08. The molecular formula is C15H20BrN3. The summed E-state index contributed by atoms with van der Waals surface area (Å²) in [5, 5.41) is 8.03. The van der Waals surface area contributed by atoms with Crippen molar-refractivity contribution in [3.05, 3.63) is 52.3 Å². The second kappa shape index (κ2) is 6.35. The smallest absolute Gasteiger partial charge is 0.0762 e. The molecule has 0 saturated carbocycles. The van der Waals surface area contributed by atoms with Gasteiger partial charge in [-0.1, -0.05) is 28.1 Å². The molecule has 0 radical (unpaired) electrons. The quantitative estimate of drug-likeness (QED) is 0.899. The summed E-state index contributed by atoms with van der Waals surface area (Å²) in [6, 6.07) is 11.2. The minimum atomic E-state index is 0.317. The molecule has 0 unspecified atom stereocenters. The van der Waals surface area contributed by atoms with Crippen LogP contribution in [0.15, 0.2) is 41.0 Å². The lowest BCUT2D eigenvalue weighted by Gasteiger charge is -2.13. The molecule has 2 aromatic rings. The average molecular weight is 322 g/mol. The van der Waals surface area contributed by atoms with Crippen LogP contribution >= 0.6 is 15.9 Å². The van der Waals surface area contributed by atoms with Gasteiger partial charge in [-0.25, -0.2) is 0 Å².